The molecule has 0 saturated carbocycles. The van der Waals surface area contributed by atoms with Gasteiger partial charge in [-0.25, -0.2) is 0 Å². The Kier molecular flexibility index (Phi) is 3.30. The van der Waals surface area contributed by atoms with E-state index in [1.54, 1.807) is 25.7 Å². The lowest BCUT2D eigenvalue weighted by Crippen LogP contribution is -2.10. The molecule has 0 radical (unpaired) electrons. The molecule has 0 aromatic rings. The fraction of sp³-hybridized carbons (Fsp3) is 1.00. The van der Waals surface area contributed by atoms with Gasteiger partial charge in [0, 0.05) is 0 Å². The zero-order chi connectivity index (χ0) is 9.26. The summed E-state index contributed by atoms with van der Waals surface area (Å²) in [6.45, 7) is 4.90. The van der Waals surface area contributed by atoms with Crippen LogP contribution in [0.1, 0.15) is 58.8 Å². The van der Waals surface area contributed by atoms with E-state index in [1.165, 1.54) is 30.6 Å². The molecule has 0 aliphatic carbocycles. The van der Waals surface area contributed by atoms with Gasteiger partial charge in [0.15, 0.2) is 0 Å². The van der Waals surface area contributed by atoms with Gasteiger partial charge in [-0.3, -0.25) is 0 Å². The largest absolute Gasteiger partial charge is 0.0974 e. The molecule has 76 valence electrons. The first kappa shape index (κ1) is 9.97. The van der Waals surface area contributed by atoms with Crippen molar-refractivity contribution in [3.63, 3.8) is 0 Å². The number of hydrogen-bond donors (Lipinski definition) is 0. The molecule has 2 aliphatic rings. The lowest BCUT2D eigenvalue weighted by atomic mass is 10.0. The summed E-state index contributed by atoms with van der Waals surface area (Å²) in [6, 6.07) is 0. The zero-order valence-corrected chi connectivity index (χ0v) is 10.0. The molecular formula is C12H23P. The predicted octanol–water partition coefficient (Wildman–Crippen LogP) is 4.37. The third-order valence-electron chi connectivity index (χ3n) is 4.10. The van der Waals surface area contributed by atoms with Crippen LogP contribution in [0.3, 0.4) is 0 Å². The van der Waals surface area contributed by atoms with Crippen LogP contribution in [0.5, 0.6) is 0 Å². The highest BCUT2D eigenvalue weighted by molar-refractivity contribution is 7.60. The van der Waals surface area contributed by atoms with Crippen molar-refractivity contribution in [1.29, 1.82) is 0 Å². The van der Waals surface area contributed by atoms with E-state index in [9.17, 15) is 0 Å². The van der Waals surface area contributed by atoms with Gasteiger partial charge in [-0.15, -0.1) is 0 Å². The van der Waals surface area contributed by atoms with Crippen molar-refractivity contribution in [3.05, 3.63) is 0 Å². The molecule has 2 heterocycles. The van der Waals surface area contributed by atoms with Crippen LogP contribution in [0.15, 0.2) is 0 Å². The Morgan fingerprint density at radius 1 is 1.08 bits per heavy atom. The van der Waals surface area contributed by atoms with Crippen molar-refractivity contribution >= 4 is 7.92 Å². The highest BCUT2D eigenvalue weighted by Gasteiger charge is 2.38. The van der Waals surface area contributed by atoms with Gasteiger partial charge in [0.25, 0.3) is 0 Å². The maximum Gasteiger partial charge on any atom is -0.0204 e. The van der Waals surface area contributed by atoms with E-state index in [1.807, 2.05) is 0 Å². The first-order valence-corrected chi connectivity index (χ1v) is 7.65. The summed E-state index contributed by atoms with van der Waals surface area (Å²) in [7, 11) is 0.429. The van der Waals surface area contributed by atoms with Crippen LogP contribution in [0.4, 0.5) is 0 Å². The molecule has 13 heavy (non-hydrogen) atoms. The van der Waals surface area contributed by atoms with Gasteiger partial charge < -0.3 is 0 Å². The lowest BCUT2D eigenvalue weighted by molar-refractivity contribution is 0.556. The highest BCUT2D eigenvalue weighted by atomic mass is 31.1. The normalized spacial score (nSPS) is 41.5. The summed E-state index contributed by atoms with van der Waals surface area (Å²) in [5.41, 5.74) is 3.42. The van der Waals surface area contributed by atoms with Crippen molar-refractivity contribution in [2.24, 2.45) is 0 Å². The molecule has 1 heteroatoms. The minimum Gasteiger partial charge on any atom is -0.0974 e. The van der Waals surface area contributed by atoms with Gasteiger partial charge in [0.1, 0.15) is 0 Å². The monoisotopic (exact) mass is 198 g/mol. The molecular weight excluding hydrogens is 175 g/mol. The Labute approximate surface area is 84.2 Å². The number of rotatable bonds is 2. The molecule has 0 spiro atoms. The molecule has 0 aromatic heterocycles. The topological polar surface area (TPSA) is 0 Å². The molecule has 0 amide bonds. The first-order valence-electron chi connectivity index (χ1n) is 6.10. The molecule has 4 atom stereocenters. The van der Waals surface area contributed by atoms with Gasteiger partial charge >= 0.3 is 0 Å². The number of hydrogen-bond acceptors (Lipinski definition) is 0. The smallest absolute Gasteiger partial charge is 0.0204 e. The molecule has 2 aliphatic heterocycles. The third-order valence-corrected chi connectivity index (χ3v) is 8.20. The summed E-state index contributed by atoms with van der Waals surface area (Å²) in [4.78, 5) is 0. The third kappa shape index (κ3) is 1.94. The Morgan fingerprint density at radius 2 is 1.62 bits per heavy atom. The molecule has 2 saturated heterocycles. The van der Waals surface area contributed by atoms with Crippen LogP contribution in [0.25, 0.3) is 0 Å². The van der Waals surface area contributed by atoms with E-state index in [4.69, 9.17) is 0 Å². The molecule has 2 unspecified atom stereocenters. The molecule has 0 N–H and O–H groups in total. The van der Waals surface area contributed by atoms with Crippen molar-refractivity contribution in [3.8, 4) is 0 Å². The Hall–Kier alpha value is 0.430. The SMILES string of the molecule is CCC(C)P1[C@@H]2CCCC[C@H]1CC2. The zero-order valence-electron chi connectivity index (χ0n) is 9.13. The van der Waals surface area contributed by atoms with Crippen molar-refractivity contribution in [1.82, 2.24) is 0 Å². The highest BCUT2D eigenvalue weighted by Crippen LogP contribution is 2.63. The second kappa shape index (κ2) is 4.30. The van der Waals surface area contributed by atoms with Crippen molar-refractivity contribution < 1.29 is 0 Å². The fourth-order valence-corrected chi connectivity index (χ4v) is 7.57. The minimum atomic E-state index is 0.429. The molecule has 0 aromatic carbocycles. The summed E-state index contributed by atoms with van der Waals surface area (Å²) >= 11 is 0. The average molecular weight is 198 g/mol. The van der Waals surface area contributed by atoms with Gasteiger partial charge in [-0.1, -0.05) is 34.6 Å². The van der Waals surface area contributed by atoms with Crippen LogP contribution in [-0.4, -0.2) is 17.0 Å². The van der Waals surface area contributed by atoms with Gasteiger partial charge in [-0.2, -0.15) is 0 Å². The number of fused-ring (bicyclic) bond motifs is 2. The van der Waals surface area contributed by atoms with E-state index in [0.29, 0.717) is 7.92 Å². The molecule has 0 nitrogen and oxygen atoms in total. The van der Waals surface area contributed by atoms with Crippen molar-refractivity contribution in [2.75, 3.05) is 0 Å². The van der Waals surface area contributed by atoms with E-state index in [2.05, 4.69) is 13.8 Å². The molecule has 2 fully saturated rings. The van der Waals surface area contributed by atoms with Crippen molar-refractivity contribution in [2.45, 2.75) is 75.8 Å². The summed E-state index contributed by atoms with van der Waals surface area (Å²) in [6.07, 6.45) is 10.8. The predicted molar refractivity (Wildman–Crippen MR) is 62.0 cm³/mol. The summed E-state index contributed by atoms with van der Waals surface area (Å²) in [5, 5.41) is 0. The van der Waals surface area contributed by atoms with Crippen LogP contribution < -0.4 is 0 Å². The second-order valence-corrected chi connectivity index (χ2v) is 8.11. The molecule has 2 bridgehead atoms. The van der Waals surface area contributed by atoms with Crippen LogP contribution >= 0.6 is 7.92 Å². The average Bonchev–Trinajstić information content (AvgIpc) is 2.38. The maximum atomic E-state index is 2.52. The van der Waals surface area contributed by atoms with Gasteiger partial charge in [0.2, 0.25) is 0 Å². The fourth-order valence-electron chi connectivity index (χ4n) is 3.26. The Bertz CT molecular complexity index is 153. The Balaban J connectivity index is 2.07. The summed E-state index contributed by atoms with van der Waals surface area (Å²) in [5.74, 6) is 0. The van der Waals surface area contributed by atoms with E-state index in [-0.39, 0.29) is 0 Å². The van der Waals surface area contributed by atoms with E-state index >= 15 is 0 Å². The van der Waals surface area contributed by atoms with Gasteiger partial charge in [-0.05, 0) is 49.1 Å². The van der Waals surface area contributed by atoms with E-state index < -0.39 is 0 Å². The standard InChI is InChI=1S/C12H23P/c1-3-10(2)13-11-6-4-5-7-12(13)9-8-11/h10-12H,3-9H2,1-2H3/t10?,11-,12+,13?. The molecule has 2 rings (SSSR count). The van der Waals surface area contributed by atoms with Crippen LogP contribution in [0.2, 0.25) is 0 Å². The van der Waals surface area contributed by atoms with Crippen LogP contribution in [-0.2, 0) is 0 Å². The first-order chi connectivity index (χ1) is 6.33. The van der Waals surface area contributed by atoms with E-state index in [0.717, 1.165) is 5.66 Å². The maximum absolute atomic E-state index is 2.52. The van der Waals surface area contributed by atoms with Gasteiger partial charge in [0.05, 0.1) is 0 Å². The quantitative estimate of drug-likeness (QED) is 0.578. The van der Waals surface area contributed by atoms with Crippen LogP contribution in [0, 0.1) is 0 Å². The summed E-state index contributed by atoms with van der Waals surface area (Å²) < 4.78 is 0. The lowest BCUT2D eigenvalue weighted by Gasteiger charge is -2.28. The Morgan fingerprint density at radius 3 is 2.08 bits per heavy atom. The second-order valence-electron chi connectivity index (χ2n) is 4.87. The minimum absolute atomic E-state index is 0.429.